The lowest BCUT2D eigenvalue weighted by Crippen LogP contribution is -2.43. The molecule has 1 amide bonds. The fourth-order valence-corrected chi connectivity index (χ4v) is 2.29. The van der Waals surface area contributed by atoms with Gasteiger partial charge in [0.1, 0.15) is 0 Å². The molecular weight excluding hydrogens is 357 g/mol. The van der Waals surface area contributed by atoms with Gasteiger partial charge in [-0.05, 0) is 37.0 Å². The molecule has 0 heterocycles. The number of alkyl halides is 3. The van der Waals surface area contributed by atoms with Gasteiger partial charge in [0.05, 0.1) is 5.56 Å². The molecule has 7 nitrogen and oxygen atoms in total. The van der Waals surface area contributed by atoms with Crippen LogP contribution in [0.1, 0.15) is 33.6 Å². The number of likely N-dealkylation sites (N-methyl/N-ethyl adjacent to an activating group) is 1. The summed E-state index contributed by atoms with van der Waals surface area (Å²) in [6.07, 6.45) is -2.87. The Morgan fingerprint density at radius 3 is 2.12 bits per heavy atom. The number of nitrogens with two attached hydrogens (primary N) is 1. The van der Waals surface area contributed by atoms with Gasteiger partial charge in [-0.25, -0.2) is 9.59 Å². The van der Waals surface area contributed by atoms with Crippen LogP contribution in [0.3, 0.4) is 0 Å². The molecule has 1 unspecified atom stereocenters. The molecule has 4 N–H and O–H groups in total. The van der Waals surface area contributed by atoms with Crippen LogP contribution in [0.25, 0.3) is 0 Å². The van der Waals surface area contributed by atoms with Crippen LogP contribution in [-0.4, -0.2) is 58.8 Å². The van der Waals surface area contributed by atoms with Crippen molar-refractivity contribution in [3.63, 3.8) is 0 Å². The van der Waals surface area contributed by atoms with Crippen LogP contribution in [-0.2, 0) is 4.79 Å². The predicted octanol–water partition coefficient (Wildman–Crippen LogP) is 1.83. The minimum absolute atomic E-state index is 0.0426. The zero-order chi connectivity index (χ0) is 20.1. The Bertz CT molecular complexity index is 674. The zero-order valence-electron chi connectivity index (χ0n) is 13.9. The quantitative estimate of drug-likeness (QED) is 0.721. The summed E-state index contributed by atoms with van der Waals surface area (Å²) < 4.78 is 31.7. The lowest BCUT2D eigenvalue weighted by atomic mass is 10.1. The summed E-state index contributed by atoms with van der Waals surface area (Å²) in [5.41, 5.74) is 6.23. The fraction of sp³-hybridized carbons (Fsp3) is 0.438. The van der Waals surface area contributed by atoms with E-state index in [1.165, 1.54) is 12.1 Å². The molecule has 0 bridgehead atoms. The van der Waals surface area contributed by atoms with E-state index in [2.05, 4.69) is 0 Å². The maximum Gasteiger partial charge on any atom is 0.490 e. The molecule has 1 atom stereocenters. The largest absolute Gasteiger partial charge is 0.490 e. The van der Waals surface area contributed by atoms with Gasteiger partial charge < -0.3 is 20.8 Å². The molecule has 0 spiro atoms. The Labute approximate surface area is 147 Å². The highest BCUT2D eigenvalue weighted by Crippen LogP contribution is 2.34. The number of aliphatic carboxylic acids is 1. The van der Waals surface area contributed by atoms with Gasteiger partial charge in [-0.15, -0.1) is 0 Å². The van der Waals surface area contributed by atoms with Crippen molar-refractivity contribution < 1.29 is 37.8 Å². The average Bonchev–Trinajstić information content (AvgIpc) is 3.39. The predicted molar refractivity (Wildman–Crippen MR) is 84.8 cm³/mol. The van der Waals surface area contributed by atoms with E-state index in [4.69, 9.17) is 20.7 Å². The summed E-state index contributed by atoms with van der Waals surface area (Å²) >= 11 is 0. The SMILES string of the molecule is CN(C(=O)c1cccc(C(=O)O)c1)C(CN)C1CC1.O=C(O)C(F)(F)F. The van der Waals surface area contributed by atoms with Crippen molar-refractivity contribution in [2.45, 2.75) is 25.1 Å². The molecule has 1 aromatic rings. The molecule has 1 fully saturated rings. The van der Waals surface area contributed by atoms with Gasteiger partial charge in [0.25, 0.3) is 5.91 Å². The molecule has 0 aliphatic heterocycles. The Morgan fingerprint density at radius 1 is 1.23 bits per heavy atom. The monoisotopic (exact) mass is 376 g/mol. The van der Waals surface area contributed by atoms with Crippen molar-refractivity contribution in [2.24, 2.45) is 11.7 Å². The number of benzene rings is 1. The molecule has 10 heteroatoms. The second-order valence-electron chi connectivity index (χ2n) is 5.75. The van der Waals surface area contributed by atoms with Gasteiger partial charge in [-0.2, -0.15) is 13.2 Å². The van der Waals surface area contributed by atoms with Gasteiger partial charge in [-0.1, -0.05) is 6.07 Å². The molecule has 144 valence electrons. The summed E-state index contributed by atoms with van der Waals surface area (Å²) in [7, 11) is 1.73. The van der Waals surface area contributed by atoms with Gasteiger partial charge in [0.15, 0.2) is 0 Å². The van der Waals surface area contributed by atoms with Gasteiger partial charge in [0.2, 0.25) is 0 Å². The number of halogens is 3. The Kier molecular flexibility index (Phi) is 7.13. The van der Waals surface area contributed by atoms with Crippen LogP contribution in [0.5, 0.6) is 0 Å². The van der Waals surface area contributed by atoms with Crippen molar-refractivity contribution in [3.05, 3.63) is 35.4 Å². The van der Waals surface area contributed by atoms with Gasteiger partial charge in [0, 0.05) is 25.2 Å². The molecule has 0 aromatic heterocycles. The van der Waals surface area contributed by atoms with Crippen molar-refractivity contribution in [2.75, 3.05) is 13.6 Å². The lowest BCUT2D eigenvalue weighted by Gasteiger charge is -2.27. The van der Waals surface area contributed by atoms with Crippen LogP contribution in [0, 0.1) is 5.92 Å². The normalized spacial score (nSPS) is 14.7. The number of carboxylic acids is 2. The third kappa shape index (κ3) is 6.03. The molecular formula is C16H19F3N2O5. The highest BCUT2D eigenvalue weighted by atomic mass is 19.4. The van der Waals surface area contributed by atoms with E-state index < -0.39 is 18.1 Å². The first-order valence-electron chi connectivity index (χ1n) is 7.59. The number of carbonyl (C=O) groups excluding carboxylic acids is 1. The minimum Gasteiger partial charge on any atom is -0.478 e. The first-order chi connectivity index (χ1) is 12.0. The molecule has 0 saturated heterocycles. The molecule has 1 aliphatic carbocycles. The highest BCUT2D eigenvalue weighted by Gasteiger charge is 2.38. The smallest absolute Gasteiger partial charge is 0.478 e. The molecule has 26 heavy (non-hydrogen) atoms. The summed E-state index contributed by atoms with van der Waals surface area (Å²) in [5, 5.41) is 16.1. The zero-order valence-corrected chi connectivity index (χ0v) is 13.9. The number of hydrogen-bond acceptors (Lipinski definition) is 4. The highest BCUT2D eigenvalue weighted by molar-refractivity contribution is 5.97. The van der Waals surface area contributed by atoms with Crippen molar-refractivity contribution in [3.8, 4) is 0 Å². The van der Waals surface area contributed by atoms with E-state index in [0.717, 1.165) is 12.8 Å². The van der Waals surface area contributed by atoms with Crippen LogP contribution in [0.4, 0.5) is 13.2 Å². The molecule has 0 radical (unpaired) electrons. The van der Waals surface area contributed by atoms with E-state index in [-0.39, 0.29) is 17.5 Å². The summed E-state index contributed by atoms with van der Waals surface area (Å²) in [4.78, 5) is 33.8. The van der Waals surface area contributed by atoms with E-state index in [0.29, 0.717) is 18.0 Å². The number of carboxylic acid groups (broad SMARTS) is 2. The maximum atomic E-state index is 12.3. The fourth-order valence-electron chi connectivity index (χ4n) is 2.29. The Hall–Kier alpha value is -2.62. The van der Waals surface area contributed by atoms with Crippen molar-refractivity contribution in [1.29, 1.82) is 0 Å². The number of hydrogen-bond donors (Lipinski definition) is 3. The number of amides is 1. The summed E-state index contributed by atoms with van der Waals surface area (Å²) in [6, 6.07) is 6.13. The topological polar surface area (TPSA) is 121 Å². The second kappa shape index (κ2) is 8.65. The Balaban J connectivity index is 0.000000412. The Morgan fingerprint density at radius 2 is 1.73 bits per heavy atom. The first-order valence-corrected chi connectivity index (χ1v) is 7.59. The lowest BCUT2D eigenvalue weighted by molar-refractivity contribution is -0.192. The maximum absolute atomic E-state index is 12.3. The first kappa shape index (κ1) is 21.4. The van der Waals surface area contributed by atoms with E-state index in [9.17, 15) is 22.8 Å². The second-order valence-corrected chi connectivity index (χ2v) is 5.75. The van der Waals surface area contributed by atoms with Crippen molar-refractivity contribution in [1.82, 2.24) is 4.90 Å². The average molecular weight is 376 g/mol. The third-order valence-electron chi connectivity index (χ3n) is 3.82. The van der Waals surface area contributed by atoms with Crippen LogP contribution < -0.4 is 5.73 Å². The van der Waals surface area contributed by atoms with E-state index >= 15 is 0 Å². The molecule has 1 aromatic carbocycles. The van der Waals surface area contributed by atoms with Crippen LogP contribution in [0.15, 0.2) is 24.3 Å². The summed E-state index contributed by atoms with van der Waals surface area (Å²) in [6.45, 7) is 0.436. The number of aromatic carboxylic acids is 1. The number of nitrogens with zero attached hydrogens (tertiary/aromatic N) is 1. The molecule has 2 rings (SSSR count). The van der Waals surface area contributed by atoms with Gasteiger partial charge in [-0.3, -0.25) is 4.79 Å². The van der Waals surface area contributed by atoms with Crippen LogP contribution >= 0.6 is 0 Å². The number of carbonyl (C=O) groups is 3. The van der Waals surface area contributed by atoms with Gasteiger partial charge >= 0.3 is 18.1 Å². The third-order valence-corrected chi connectivity index (χ3v) is 3.82. The standard InChI is InChI=1S/C14H18N2O3.C2HF3O2/c1-16(12(8-15)9-5-6-9)13(17)10-3-2-4-11(7-10)14(18)19;3-2(4,5)1(6)7/h2-4,7,9,12H,5-6,8,15H2,1H3,(H,18,19);(H,6,7). The van der Waals surface area contributed by atoms with Crippen LogP contribution in [0.2, 0.25) is 0 Å². The van der Waals surface area contributed by atoms with E-state index in [1.807, 2.05) is 0 Å². The number of rotatable bonds is 5. The molecule has 1 aliphatic rings. The minimum atomic E-state index is -5.08. The molecule has 1 saturated carbocycles. The van der Waals surface area contributed by atoms with Crippen molar-refractivity contribution >= 4 is 17.8 Å². The van der Waals surface area contributed by atoms with E-state index in [1.54, 1.807) is 24.1 Å². The summed E-state index contributed by atoms with van der Waals surface area (Å²) in [5.74, 6) is -3.48.